The monoisotopic (exact) mass is 768 g/mol. The molecule has 0 N–H and O–H groups in total. The van der Waals surface area contributed by atoms with E-state index >= 15 is 0 Å². The van der Waals surface area contributed by atoms with Crippen LogP contribution in [-0.2, 0) is 16.2 Å². The van der Waals surface area contributed by atoms with Crippen LogP contribution in [0.4, 0.5) is 34.1 Å². The first-order valence-corrected chi connectivity index (χ1v) is 21.2. The molecule has 0 saturated heterocycles. The molecule has 0 bridgehead atoms. The lowest BCUT2D eigenvalue weighted by atomic mass is 9.33. The maximum absolute atomic E-state index is 6.37. The number of rotatable bonds is 3. The molecule has 4 heteroatoms. The van der Waals surface area contributed by atoms with Gasteiger partial charge in [0, 0.05) is 44.9 Å². The van der Waals surface area contributed by atoms with E-state index < -0.39 is 0 Å². The molecule has 0 amide bonds. The van der Waals surface area contributed by atoms with Crippen molar-refractivity contribution in [1.82, 2.24) is 0 Å². The Hall–Kier alpha value is -6.00. The number of fused-ring (bicyclic) bond motifs is 7. The molecule has 0 fully saturated rings. The molecule has 0 aliphatic carbocycles. The number of benzene rings is 7. The van der Waals surface area contributed by atoms with Gasteiger partial charge in [-0.15, -0.1) is 0 Å². The number of para-hydroxylation sites is 1. The minimum atomic E-state index is -0.0231. The highest BCUT2D eigenvalue weighted by molar-refractivity contribution is 7.00. The van der Waals surface area contributed by atoms with Crippen molar-refractivity contribution in [2.75, 3.05) is 9.80 Å². The number of nitrogens with zero attached hydrogens (tertiary/aromatic N) is 2. The molecule has 10 rings (SSSR count). The van der Waals surface area contributed by atoms with E-state index in [-0.39, 0.29) is 23.0 Å². The van der Waals surface area contributed by atoms with Crippen LogP contribution in [0.1, 0.15) is 84.6 Å². The normalized spacial score (nSPS) is 13.8. The summed E-state index contributed by atoms with van der Waals surface area (Å²) in [7, 11) is 0. The van der Waals surface area contributed by atoms with Crippen LogP contribution in [0.15, 0.2) is 144 Å². The smallest absolute Gasteiger partial charge is 0.252 e. The van der Waals surface area contributed by atoms with Crippen molar-refractivity contribution in [3.63, 3.8) is 0 Å². The third-order valence-electron chi connectivity index (χ3n) is 12.8. The van der Waals surface area contributed by atoms with Crippen LogP contribution in [0, 0.1) is 6.92 Å². The van der Waals surface area contributed by atoms with Crippen molar-refractivity contribution in [1.29, 1.82) is 0 Å². The molecule has 0 saturated carbocycles. The van der Waals surface area contributed by atoms with E-state index in [1.807, 2.05) is 6.07 Å². The molecule has 2 aliphatic heterocycles. The largest absolute Gasteiger partial charge is 0.456 e. The van der Waals surface area contributed by atoms with Crippen molar-refractivity contribution < 1.29 is 4.42 Å². The van der Waals surface area contributed by atoms with Crippen molar-refractivity contribution in [2.45, 2.75) is 85.5 Å². The summed E-state index contributed by atoms with van der Waals surface area (Å²) in [6.45, 7) is 23.1. The van der Waals surface area contributed by atoms with Crippen LogP contribution in [0.25, 0.3) is 33.1 Å². The highest BCUT2D eigenvalue weighted by atomic mass is 16.3. The molecule has 0 radical (unpaired) electrons. The van der Waals surface area contributed by atoms with Gasteiger partial charge in [0.25, 0.3) is 6.71 Å². The minimum absolute atomic E-state index is 0.00231. The second kappa shape index (κ2) is 13.0. The summed E-state index contributed by atoms with van der Waals surface area (Å²) in [5.41, 5.74) is 20.7. The zero-order chi connectivity index (χ0) is 41.2. The Bertz CT molecular complexity index is 2970. The van der Waals surface area contributed by atoms with Gasteiger partial charge in [-0.25, -0.2) is 0 Å². The number of hydrogen-bond acceptors (Lipinski definition) is 3. The highest BCUT2D eigenvalue weighted by Crippen LogP contribution is 2.47. The first kappa shape index (κ1) is 37.3. The Morgan fingerprint density at radius 3 is 1.58 bits per heavy atom. The van der Waals surface area contributed by atoms with E-state index in [1.54, 1.807) is 0 Å². The van der Waals surface area contributed by atoms with Crippen LogP contribution >= 0.6 is 0 Å². The van der Waals surface area contributed by atoms with Crippen molar-refractivity contribution in [3.05, 3.63) is 162 Å². The average molecular weight is 769 g/mol. The van der Waals surface area contributed by atoms with Gasteiger partial charge in [0.1, 0.15) is 11.2 Å². The van der Waals surface area contributed by atoms with Crippen molar-refractivity contribution in [2.24, 2.45) is 0 Å². The fourth-order valence-corrected chi connectivity index (χ4v) is 9.46. The third kappa shape index (κ3) is 6.10. The van der Waals surface area contributed by atoms with E-state index in [0.717, 1.165) is 38.8 Å². The number of hydrogen-bond donors (Lipinski definition) is 0. The maximum atomic E-state index is 6.37. The van der Waals surface area contributed by atoms with Crippen molar-refractivity contribution >= 4 is 79.2 Å². The van der Waals surface area contributed by atoms with Gasteiger partial charge in [0.2, 0.25) is 0 Å². The molecule has 292 valence electrons. The number of aryl methyl sites for hydroxylation is 1. The van der Waals surface area contributed by atoms with Gasteiger partial charge in [-0.2, -0.15) is 0 Å². The van der Waals surface area contributed by atoms with Crippen LogP contribution in [0.2, 0.25) is 0 Å². The summed E-state index contributed by atoms with van der Waals surface area (Å²) in [6, 6.07) is 52.7. The second-order valence-corrected chi connectivity index (χ2v) is 20.0. The molecule has 59 heavy (non-hydrogen) atoms. The van der Waals surface area contributed by atoms with E-state index in [2.05, 4.69) is 212 Å². The Balaban J connectivity index is 1.22. The molecule has 2 aliphatic rings. The first-order valence-electron chi connectivity index (χ1n) is 21.2. The van der Waals surface area contributed by atoms with Crippen LogP contribution < -0.4 is 26.2 Å². The molecule has 3 heterocycles. The molecule has 0 unspecified atom stereocenters. The lowest BCUT2D eigenvalue weighted by molar-refractivity contribution is 0.590. The van der Waals surface area contributed by atoms with Gasteiger partial charge in [-0.05, 0) is 140 Å². The SMILES string of the molecule is Cc1cc2c3c(c1)N(c1cccc(-c4ccc5c(c4)oc4ccccc45)c1)c1cc(C(C)(C)C)ccc1B3c1ccc(C(C)(C)C)cc1N2c1ccc(C(C)(C)C)cc1. The summed E-state index contributed by atoms with van der Waals surface area (Å²) in [4.78, 5) is 5.09. The zero-order valence-corrected chi connectivity index (χ0v) is 36.2. The lowest BCUT2D eigenvalue weighted by Gasteiger charge is -2.45. The predicted octanol–water partition coefficient (Wildman–Crippen LogP) is 13.5. The number of furan rings is 1. The van der Waals surface area contributed by atoms with E-state index in [4.69, 9.17) is 4.42 Å². The van der Waals surface area contributed by atoms with Gasteiger partial charge in [-0.3, -0.25) is 0 Å². The quantitative estimate of drug-likeness (QED) is 0.167. The average Bonchev–Trinajstić information content (AvgIpc) is 3.57. The lowest BCUT2D eigenvalue weighted by Crippen LogP contribution is -2.61. The van der Waals surface area contributed by atoms with Gasteiger partial charge in [0.05, 0.1) is 0 Å². The molecule has 0 atom stereocenters. The standard InChI is InChI=1S/C55H53BN2O/c1-34-28-48-52-49(29-34)58(41-15-13-14-35(30-41)36-18-25-43-42-16-11-12-17-50(42)59-51(43)31-36)47-33-39(55(8,9)10)22-27-45(47)56(52)44-26-21-38(54(5,6)7)32-46(44)57(48)40-23-19-37(20-24-40)53(2,3)4/h11-33H,1-10H3. The Morgan fingerprint density at radius 1 is 0.424 bits per heavy atom. The van der Waals surface area contributed by atoms with Gasteiger partial charge in [0.15, 0.2) is 0 Å². The van der Waals surface area contributed by atoms with E-state index in [0.29, 0.717) is 0 Å². The molecule has 0 spiro atoms. The highest BCUT2D eigenvalue weighted by Gasteiger charge is 2.44. The molecule has 8 aromatic rings. The maximum Gasteiger partial charge on any atom is 0.252 e. The summed E-state index contributed by atoms with van der Waals surface area (Å²) in [6.07, 6.45) is 0. The van der Waals surface area contributed by atoms with Crippen molar-refractivity contribution in [3.8, 4) is 11.1 Å². The third-order valence-corrected chi connectivity index (χ3v) is 12.8. The predicted molar refractivity (Wildman–Crippen MR) is 254 cm³/mol. The van der Waals surface area contributed by atoms with Crippen LogP contribution in [0.5, 0.6) is 0 Å². The molecule has 1 aromatic heterocycles. The fourth-order valence-electron chi connectivity index (χ4n) is 9.46. The van der Waals surface area contributed by atoms with Gasteiger partial charge < -0.3 is 14.2 Å². The summed E-state index contributed by atoms with van der Waals surface area (Å²) in [5.74, 6) is 0. The van der Waals surface area contributed by atoms with E-state index in [9.17, 15) is 0 Å². The topological polar surface area (TPSA) is 19.6 Å². The molecular formula is C55H53BN2O. The Labute approximate surface area is 350 Å². The van der Waals surface area contributed by atoms with Crippen LogP contribution in [-0.4, -0.2) is 6.71 Å². The van der Waals surface area contributed by atoms with E-state index in [1.165, 1.54) is 67.1 Å². The minimum Gasteiger partial charge on any atom is -0.456 e. The summed E-state index contributed by atoms with van der Waals surface area (Å²) < 4.78 is 6.37. The Morgan fingerprint density at radius 2 is 0.966 bits per heavy atom. The van der Waals surface area contributed by atoms with Gasteiger partial charge >= 0.3 is 0 Å². The Kier molecular flexibility index (Phi) is 8.22. The molecular weight excluding hydrogens is 715 g/mol. The summed E-state index contributed by atoms with van der Waals surface area (Å²) in [5, 5.41) is 2.29. The van der Waals surface area contributed by atoms with Gasteiger partial charge in [-0.1, -0.05) is 135 Å². The molecule has 3 nitrogen and oxygen atoms in total. The second-order valence-electron chi connectivity index (χ2n) is 20.0. The zero-order valence-electron chi connectivity index (χ0n) is 36.2. The summed E-state index contributed by atoms with van der Waals surface area (Å²) >= 11 is 0. The fraction of sp³-hybridized carbons (Fsp3) is 0.236. The number of anilines is 6. The van der Waals surface area contributed by atoms with Crippen LogP contribution in [0.3, 0.4) is 0 Å². The molecule has 7 aromatic carbocycles. The first-order chi connectivity index (χ1) is 28.0.